The molecule has 0 saturated heterocycles. The molecule has 0 unspecified atom stereocenters. The van der Waals surface area contributed by atoms with Crippen molar-refractivity contribution in [3.8, 4) is 11.5 Å². The Morgan fingerprint density at radius 1 is 1.00 bits per heavy atom. The second kappa shape index (κ2) is 9.58. The topological polar surface area (TPSA) is 77.0 Å². The maximum absolute atomic E-state index is 12.2. The first-order valence-corrected chi connectivity index (χ1v) is 10.9. The van der Waals surface area contributed by atoms with Crippen LogP contribution in [0.25, 0.3) is 0 Å². The summed E-state index contributed by atoms with van der Waals surface area (Å²) in [5.74, 6) is 1.11. The molecule has 0 atom stereocenters. The summed E-state index contributed by atoms with van der Waals surface area (Å²) in [6.07, 6.45) is 1.41. The molecule has 6 nitrogen and oxygen atoms in total. The summed E-state index contributed by atoms with van der Waals surface area (Å²) in [7, 11) is -2.15. The fourth-order valence-corrected chi connectivity index (χ4v) is 3.53. The molecule has 3 aromatic rings. The molecular weight excluding hydrogens is 456 g/mol. The van der Waals surface area contributed by atoms with Crippen LogP contribution < -0.4 is 14.3 Å². The van der Waals surface area contributed by atoms with Gasteiger partial charge in [0.25, 0.3) is 10.0 Å². The van der Waals surface area contributed by atoms with Crippen molar-refractivity contribution in [3.63, 3.8) is 0 Å². The van der Waals surface area contributed by atoms with E-state index >= 15 is 0 Å². The number of hydrogen-bond acceptors (Lipinski definition) is 5. The average Bonchev–Trinajstić information content (AvgIpc) is 2.74. The van der Waals surface area contributed by atoms with E-state index in [1.165, 1.54) is 18.3 Å². The normalized spacial score (nSPS) is 11.4. The number of methoxy groups -OCH3 is 1. The number of sulfonamides is 1. The smallest absolute Gasteiger partial charge is 0.276 e. The number of halogens is 1. The predicted octanol–water partition coefficient (Wildman–Crippen LogP) is 4.35. The van der Waals surface area contributed by atoms with Gasteiger partial charge >= 0.3 is 0 Å². The highest BCUT2D eigenvalue weighted by Gasteiger charge is 2.11. The lowest BCUT2D eigenvalue weighted by Gasteiger charge is -2.11. The molecule has 3 rings (SSSR count). The molecule has 0 aromatic heterocycles. The van der Waals surface area contributed by atoms with Crippen LogP contribution >= 0.6 is 15.9 Å². The zero-order valence-electron chi connectivity index (χ0n) is 15.6. The minimum absolute atomic E-state index is 0.144. The van der Waals surface area contributed by atoms with E-state index in [4.69, 9.17) is 9.47 Å². The summed E-state index contributed by atoms with van der Waals surface area (Å²) in [5, 5.41) is 3.85. The Morgan fingerprint density at radius 3 is 2.41 bits per heavy atom. The molecular formula is C21H19BrN2O4S. The van der Waals surface area contributed by atoms with E-state index in [1.807, 2.05) is 24.3 Å². The zero-order chi connectivity index (χ0) is 20.7. The Morgan fingerprint density at radius 2 is 1.72 bits per heavy atom. The second-order valence-corrected chi connectivity index (χ2v) is 8.57. The van der Waals surface area contributed by atoms with E-state index in [0.717, 1.165) is 10.0 Å². The molecule has 0 amide bonds. The van der Waals surface area contributed by atoms with Gasteiger partial charge < -0.3 is 9.47 Å². The van der Waals surface area contributed by atoms with E-state index < -0.39 is 10.0 Å². The third-order valence-electron chi connectivity index (χ3n) is 3.94. The SMILES string of the molecule is COc1ccc(/C=N\NS(=O)(=O)c2ccccc2)cc1OCc1ccc(Br)cc1. The van der Waals surface area contributed by atoms with Crippen molar-refractivity contribution in [1.82, 2.24) is 4.83 Å². The molecule has 0 aliphatic heterocycles. The summed E-state index contributed by atoms with van der Waals surface area (Å²) in [4.78, 5) is 2.34. The molecule has 1 N–H and O–H groups in total. The summed E-state index contributed by atoms with van der Waals surface area (Å²) in [6.45, 7) is 0.366. The molecule has 0 saturated carbocycles. The summed E-state index contributed by atoms with van der Waals surface area (Å²) in [5.41, 5.74) is 1.66. The number of benzene rings is 3. The number of nitrogens with zero attached hydrogens (tertiary/aromatic N) is 1. The monoisotopic (exact) mass is 474 g/mol. The van der Waals surface area contributed by atoms with Gasteiger partial charge in [0.15, 0.2) is 11.5 Å². The van der Waals surface area contributed by atoms with Crippen molar-refractivity contribution < 1.29 is 17.9 Å². The Labute approximate surface area is 178 Å². The second-order valence-electron chi connectivity index (χ2n) is 5.99. The third kappa shape index (κ3) is 5.82. The minimum Gasteiger partial charge on any atom is -0.493 e. The van der Waals surface area contributed by atoms with Gasteiger partial charge in [-0.05, 0) is 53.6 Å². The summed E-state index contributed by atoms with van der Waals surface area (Å²) < 4.78 is 36.6. The van der Waals surface area contributed by atoms with Gasteiger partial charge in [0.1, 0.15) is 6.61 Å². The fourth-order valence-electron chi connectivity index (χ4n) is 2.45. The minimum atomic E-state index is -3.71. The van der Waals surface area contributed by atoms with E-state index in [0.29, 0.717) is 23.7 Å². The van der Waals surface area contributed by atoms with Crippen LogP contribution in [0.4, 0.5) is 0 Å². The van der Waals surface area contributed by atoms with Crippen LogP contribution in [0, 0.1) is 0 Å². The lowest BCUT2D eigenvalue weighted by molar-refractivity contribution is 0.284. The van der Waals surface area contributed by atoms with E-state index in [9.17, 15) is 8.42 Å². The zero-order valence-corrected chi connectivity index (χ0v) is 18.0. The Balaban J connectivity index is 1.70. The Bertz CT molecular complexity index is 1090. The molecule has 0 heterocycles. The van der Waals surface area contributed by atoms with E-state index in [1.54, 1.807) is 43.5 Å². The van der Waals surface area contributed by atoms with Gasteiger partial charge in [-0.15, -0.1) is 0 Å². The predicted molar refractivity (Wildman–Crippen MR) is 116 cm³/mol. The number of nitrogens with one attached hydrogen (secondary N) is 1. The molecule has 0 spiro atoms. The van der Waals surface area contributed by atoms with Crippen LogP contribution in [0.5, 0.6) is 11.5 Å². The molecule has 0 aliphatic rings. The first-order valence-electron chi connectivity index (χ1n) is 8.63. The lowest BCUT2D eigenvalue weighted by Crippen LogP contribution is -2.18. The number of hydrogen-bond donors (Lipinski definition) is 1. The molecule has 29 heavy (non-hydrogen) atoms. The van der Waals surface area contributed by atoms with Crippen molar-refractivity contribution in [2.75, 3.05) is 7.11 Å². The first-order chi connectivity index (χ1) is 14.0. The van der Waals surface area contributed by atoms with Gasteiger partial charge in [-0.25, -0.2) is 4.83 Å². The van der Waals surface area contributed by atoms with E-state index in [2.05, 4.69) is 25.9 Å². The lowest BCUT2D eigenvalue weighted by atomic mass is 10.2. The van der Waals surface area contributed by atoms with Gasteiger partial charge in [0.05, 0.1) is 18.2 Å². The van der Waals surface area contributed by atoms with Crippen molar-refractivity contribution in [2.24, 2.45) is 5.10 Å². The molecule has 150 valence electrons. The Kier molecular flexibility index (Phi) is 6.90. The third-order valence-corrected chi connectivity index (χ3v) is 5.70. The molecule has 3 aromatic carbocycles. The summed E-state index contributed by atoms with van der Waals surface area (Å²) in [6, 6.07) is 21.1. The molecule has 0 aliphatic carbocycles. The standard InChI is InChI=1S/C21H19BrN2O4S/c1-27-20-12-9-17(13-21(20)28-15-16-7-10-18(22)11-8-16)14-23-24-29(25,26)19-5-3-2-4-6-19/h2-14,24H,15H2,1H3/b23-14-. The number of hydrazone groups is 1. The summed E-state index contributed by atoms with van der Waals surface area (Å²) >= 11 is 3.40. The van der Waals surface area contributed by atoms with Gasteiger partial charge in [-0.1, -0.05) is 46.3 Å². The quantitative estimate of drug-likeness (QED) is 0.388. The van der Waals surface area contributed by atoms with Gasteiger partial charge in [-0.2, -0.15) is 13.5 Å². The highest BCUT2D eigenvalue weighted by atomic mass is 79.9. The highest BCUT2D eigenvalue weighted by molar-refractivity contribution is 9.10. The van der Waals surface area contributed by atoms with Crippen molar-refractivity contribution in [2.45, 2.75) is 11.5 Å². The van der Waals surface area contributed by atoms with Crippen LogP contribution in [0.1, 0.15) is 11.1 Å². The van der Waals surface area contributed by atoms with Gasteiger partial charge in [0.2, 0.25) is 0 Å². The van der Waals surface area contributed by atoms with Crippen LogP contribution in [0.15, 0.2) is 87.3 Å². The van der Waals surface area contributed by atoms with Crippen LogP contribution in [0.3, 0.4) is 0 Å². The van der Waals surface area contributed by atoms with Crippen molar-refractivity contribution in [1.29, 1.82) is 0 Å². The van der Waals surface area contributed by atoms with Crippen molar-refractivity contribution >= 4 is 32.2 Å². The molecule has 0 bridgehead atoms. The molecule has 0 radical (unpaired) electrons. The largest absolute Gasteiger partial charge is 0.493 e. The Hall–Kier alpha value is -2.84. The highest BCUT2D eigenvalue weighted by Crippen LogP contribution is 2.28. The van der Waals surface area contributed by atoms with Crippen molar-refractivity contribution in [3.05, 3.63) is 88.4 Å². The fraction of sp³-hybridized carbons (Fsp3) is 0.0952. The molecule has 8 heteroatoms. The maximum atomic E-state index is 12.2. The number of ether oxygens (including phenoxy) is 2. The average molecular weight is 475 g/mol. The van der Waals surface area contributed by atoms with Crippen LogP contribution in [-0.4, -0.2) is 21.7 Å². The van der Waals surface area contributed by atoms with Gasteiger partial charge in [0, 0.05) is 4.47 Å². The van der Waals surface area contributed by atoms with Gasteiger partial charge in [-0.3, -0.25) is 0 Å². The van der Waals surface area contributed by atoms with E-state index in [-0.39, 0.29) is 4.90 Å². The first kappa shape index (κ1) is 20.9. The van der Waals surface area contributed by atoms with Crippen LogP contribution in [0.2, 0.25) is 0 Å². The van der Waals surface area contributed by atoms with Crippen LogP contribution in [-0.2, 0) is 16.6 Å². The molecule has 0 fully saturated rings. The number of rotatable bonds is 8. The maximum Gasteiger partial charge on any atom is 0.276 e.